The second kappa shape index (κ2) is 13.4. The minimum absolute atomic E-state index is 0.157. The Labute approximate surface area is 278 Å². The zero-order chi connectivity index (χ0) is 33.3. The molecule has 0 spiro atoms. The van der Waals surface area contributed by atoms with E-state index in [1.807, 2.05) is 56.3 Å². The van der Waals surface area contributed by atoms with Gasteiger partial charge in [0.15, 0.2) is 0 Å². The summed E-state index contributed by atoms with van der Waals surface area (Å²) in [4.78, 5) is 29.4. The van der Waals surface area contributed by atoms with Crippen LogP contribution in [0, 0.1) is 23.6 Å². The number of anilines is 1. The molecule has 4 bridgehead atoms. The molecule has 3 aromatic rings. The highest BCUT2D eigenvalue weighted by Gasteiger charge is 2.51. The van der Waals surface area contributed by atoms with Crippen LogP contribution >= 0.6 is 0 Å². The minimum Gasteiger partial charge on any atom is -0.352 e. The van der Waals surface area contributed by atoms with Crippen LogP contribution in [0.1, 0.15) is 69.1 Å². The van der Waals surface area contributed by atoms with Crippen molar-refractivity contribution in [3.63, 3.8) is 0 Å². The molecule has 250 valence electrons. The Hall–Kier alpha value is -3.72. The Bertz CT molecular complexity index is 1660. The summed E-state index contributed by atoms with van der Waals surface area (Å²) in [5, 5.41) is 2.92. The van der Waals surface area contributed by atoms with E-state index in [2.05, 4.69) is 17.4 Å². The second-order valence-corrected chi connectivity index (χ2v) is 16.4. The molecule has 0 unspecified atom stereocenters. The fraction of sp³-hybridized carbons (Fsp3) is 0.474. The molecule has 0 saturated heterocycles. The van der Waals surface area contributed by atoms with E-state index in [1.165, 1.54) is 55.1 Å². The largest absolute Gasteiger partial charge is 0.352 e. The fourth-order valence-corrected chi connectivity index (χ4v) is 9.65. The van der Waals surface area contributed by atoms with Gasteiger partial charge in [-0.25, -0.2) is 12.8 Å². The van der Waals surface area contributed by atoms with Gasteiger partial charge in [0.1, 0.15) is 18.4 Å². The first-order valence-electron chi connectivity index (χ1n) is 16.9. The standard InChI is InChI=1S/C38H46FN3O4S/c1-26(2)40-37(44)35(20-27-9-5-4-6-10-27)41(24-31-11-7-8-12-34(31)39)36(43)25-42(47(3,45)46)33-15-13-32(14-16-33)38-21-28-17-29(22-38)19-30(18-28)23-38/h4-16,26,28-30,35H,17-25H2,1-3H3,(H,40,44)/t28?,29?,30?,35-,38?/m0/s1. The average molecular weight is 660 g/mol. The van der Waals surface area contributed by atoms with Gasteiger partial charge in [0.2, 0.25) is 21.8 Å². The van der Waals surface area contributed by atoms with Gasteiger partial charge in [-0.1, -0.05) is 60.7 Å². The van der Waals surface area contributed by atoms with Crippen molar-refractivity contribution in [2.45, 2.75) is 82.8 Å². The molecule has 9 heteroatoms. The quantitative estimate of drug-likeness (QED) is 0.250. The van der Waals surface area contributed by atoms with Crippen molar-refractivity contribution < 1.29 is 22.4 Å². The minimum atomic E-state index is -3.90. The molecule has 0 aromatic heterocycles. The van der Waals surface area contributed by atoms with Gasteiger partial charge >= 0.3 is 0 Å². The number of carbonyl (C=O) groups excluding carboxylic acids is 2. The first-order chi connectivity index (χ1) is 22.4. The topological polar surface area (TPSA) is 86.8 Å². The van der Waals surface area contributed by atoms with Gasteiger partial charge in [-0.2, -0.15) is 0 Å². The Morgan fingerprint density at radius 2 is 1.45 bits per heavy atom. The number of benzene rings is 3. The van der Waals surface area contributed by atoms with E-state index in [9.17, 15) is 22.4 Å². The van der Waals surface area contributed by atoms with Gasteiger partial charge < -0.3 is 10.2 Å². The predicted molar refractivity (Wildman–Crippen MR) is 183 cm³/mol. The number of hydrogen-bond donors (Lipinski definition) is 1. The average Bonchev–Trinajstić information content (AvgIpc) is 3.01. The first-order valence-corrected chi connectivity index (χ1v) is 18.7. The molecule has 2 amide bonds. The van der Waals surface area contributed by atoms with Gasteiger partial charge in [-0.05, 0) is 105 Å². The van der Waals surface area contributed by atoms with Crippen molar-refractivity contribution in [3.8, 4) is 0 Å². The molecule has 4 saturated carbocycles. The maximum absolute atomic E-state index is 15.0. The van der Waals surface area contributed by atoms with Crippen LogP contribution in [0.3, 0.4) is 0 Å². The molecule has 7 rings (SSSR count). The number of nitrogens with zero attached hydrogens (tertiary/aromatic N) is 2. The highest BCUT2D eigenvalue weighted by Crippen LogP contribution is 2.60. The molecular weight excluding hydrogens is 614 g/mol. The summed E-state index contributed by atoms with van der Waals surface area (Å²) in [6.45, 7) is 2.94. The van der Waals surface area contributed by atoms with Crippen molar-refractivity contribution >= 4 is 27.5 Å². The molecule has 1 N–H and O–H groups in total. The van der Waals surface area contributed by atoms with Crippen LogP contribution in [0.5, 0.6) is 0 Å². The summed E-state index contributed by atoms with van der Waals surface area (Å²) >= 11 is 0. The number of nitrogens with one attached hydrogen (secondary N) is 1. The van der Waals surface area contributed by atoms with Crippen LogP contribution in [0.2, 0.25) is 0 Å². The van der Waals surface area contributed by atoms with E-state index < -0.39 is 34.3 Å². The van der Waals surface area contributed by atoms with Crippen LogP contribution in [0.15, 0.2) is 78.9 Å². The summed E-state index contributed by atoms with van der Waals surface area (Å²) < 4.78 is 42.6. The van der Waals surface area contributed by atoms with Crippen LogP contribution in [-0.4, -0.2) is 50.0 Å². The Kier molecular flexibility index (Phi) is 9.47. The van der Waals surface area contributed by atoms with E-state index in [0.29, 0.717) is 5.69 Å². The monoisotopic (exact) mass is 659 g/mol. The zero-order valence-electron chi connectivity index (χ0n) is 27.6. The normalized spacial score (nSPS) is 23.8. The molecule has 3 aromatic carbocycles. The van der Waals surface area contributed by atoms with Crippen LogP contribution in [0.25, 0.3) is 0 Å². The lowest BCUT2D eigenvalue weighted by Gasteiger charge is -2.57. The van der Waals surface area contributed by atoms with Crippen molar-refractivity contribution in [3.05, 3.63) is 101 Å². The molecule has 4 fully saturated rings. The highest BCUT2D eigenvalue weighted by atomic mass is 32.2. The third kappa shape index (κ3) is 7.40. The second-order valence-electron chi connectivity index (χ2n) is 14.5. The molecule has 4 aliphatic rings. The third-order valence-corrected chi connectivity index (χ3v) is 11.6. The Balaban J connectivity index is 1.31. The molecule has 47 heavy (non-hydrogen) atoms. The van der Waals surface area contributed by atoms with E-state index >= 15 is 0 Å². The third-order valence-electron chi connectivity index (χ3n) is 10.5. The van der Waals surface area contributed by atoms with Gasteiger partial charge in [0, 0.05) is 24.6 Å². The number of amides is 2. The van der Waals surface area contributed by atoms with Crippen molar-refractivity contribution in [1.29, 1.82) is 0 Å². The van der Waals surface area contributed by atoms with E-state index in [0.717, 1.165) is 33.9 Å². The van der Waals surface area contributed by atoms with Crippen LogP contribution in [-0.2, 0) is 38.0 Å². The molecule has 4 aliphatic carbocycles. The summed E-state index contributed by atoms with van der Waals surface area (Å²) in [6.07, 6.45) is 8.86. The highest BCUT2D eigenvalue weighted by molar-refractivity contribution is 7.92. The maximum atomic E-state index is 15.0. The number of sulfonamides is 1. The number of hydrogen-bond acceptors (Lipinski definition) is 4. The maximum Gasteiger partial charge on any atom is 0.244 e. The van der Waals surface area contributed by atoms with Gasteiger partial charge in [-0.3, -0.25) is 13.9 Å². The van der Waals surface area contributed by atoms with Crippen molar-refractivity contribution in [2.75, 3.05) is 17.1 Å². The van der Waals surface area contributed by atoms with Crippen LogP contribution < -0.4 is 9.62 Å². The SMILES string of the molecule is CC(C)NC(=O)[C@H](Cc1ccccc1)N(Cc1ccccc1F)C(=O)CN(c1ccc(C23CC4CC(CC(C4)C2)C3)cc1)S(C)(=O)=O. The van der Waals surface area contributed by atoms with Gasteiger partial charge in [-0.15, -0.1) is 0 Å². The van der Waals surface area contributed by atoms with E-state index in [1.54, 1.807) is 18.2 Å². The summed E-state index contributed by atoms with van der Waals surface area (Å²) in [6, 6.07) is 22.0. The van der Waals surface area contributed by atoms with Crippen LogP contribution in [0.4, 0.5) is 10.1 Å². The molecule has 0 heterocycles. The number of halogens is 1. The molecule has 0 aliphatic heterocycles. The number of rotatable bonds is 12. The first kappa shape index (κ1) is 33.2. The van der Waals surface area contributed by atoms with E-state index in [4.69, 9.17) is 0 Å². The molecule has 0 radical (unpaired) electrons. The Morgan fingerprint density at radius 1 is 0.872 bits per heavy atom. The van der Waals surface area contributed by atoms with Gasteiger partial charge in [0.05, 0.1) is 11.9 Å². The predicted octanol–water partition coefficient (Wildman–Crippen LogP) is 6.22. The summed E-state index contributed by atoms with van der Waals surface area (Å²) in [5.41, 5.74) is 2.87. The summed E-state index contributed by atoms with van der Waals surface area (Å²) in [5.74, 6) is 0.853. The Morgan fingerprint density at radius 3 is 2.00 bits per heavy atom. The fourth-order valence-electron chi connectivity index (χ4n) is 8.80. The van der Waals surface area contributed by atoms with Crippen molar-refractivity contribution in [2.24, 2.45) is 17.8 Å². The molecule has 7 nitrogen and oxygen atoms in total. The lowest BCUT2D eigenvalue weighted by molar-refractivity contribution is -0.140. The smallest absolute Gasteiger partial charge is 0.244 e. The molecular formula is C38H46FN3O4S. The molecule has 1 atom stereocenters. The number of carbonyl (C=O) groups is 2. The zero-order valence-corrected chi connectivity index (χ0v) is 28.4. The lowest BCUT2D eigenvalue weighted by Crippen LogP contribution is -2.54. The lowest BCUT2D eigenvalue weighted by atomic mass is 9.48. The van der Waals surface area contributed by atoms with Gasteiger partial charge in [0.25, 0.3) is 0 Å². The van der Waals surface area contributed by atoms with Crippen molar-refractivity contribution in [1.82, 2.24) is 10.2 Å². The van der Waals surface area contributed by atoms with E-state index in [-0.39, 0.29) is 35.9 Å². The summed E-state index contributed by atoms with van der Waals surface area (Å²) in [7, 11) is -3.90.